The Kier molecular flexibility index (Phi) is 5.21. The lowest BCUT2D eigenvalue weighted by molar-refractivity contribution is 0.576. The molecule has 0 amide bonds. The van der Waals surface area contributed by atoms with Crippen LogP contribution in [0.1, 0.15) is 5.56 Å². The highest BCUT2D eigenvalue weighted by molar-refractivity contribution is 9.10. The summed E-state index contributed by atoms with van der Waals surface area (Å²) in [6.45, 7) is 1.84. The zero-order chi connectivity index (χ0) is 15.6. The monoisotopic (exact) mass is 407 g/mol. The predicted molar refractivity (Wildman–Crippen MR) is 86.6 cm³/mol. The van der Waals surface area contributed by atoms with Crippen LogP contribution in [0.15, 0.2) is 62.8 Å². The van der Waals surface area contributed by atoms with Crippen LogP contribution in [0.25, 0.3) is 0 Å². The second-order valence-electron chi connectivity index (χ2n) is 4.20. The molecule has 21 heavy (non-hydrogen) atoms. The first-order valence-corrected chi connectivity index (χ1v) is 9.45. The van der Waals surface area contributed by atoms with Crippen molar-refractivity contribution in [2.24, 2.45) is 0 Å². The highest BCUT2D eigenvalue weighted by Gasteiger charge is 2.29. The summed E-state index contributed by atoms with van der Waals surface area (Å²) in [4.78, 5) is 0.289. The minimum absolute atomic E-state index is 0.00596. The van der Waals surface area contributed by atoms with Crippen molar-refractivity contribution < 1.29 is 12.6 Å². The zero-order valence-corrected chi connectivity index (χ0v) is 14.8. The summed E-state index contributed by atoms with van der Waals surface area (Å²) < 4.78 is 38.0. The van der Waals surface area contributed by atoms with Crippen molar-refractivity contribution in [3.05, 3.63) is 58.6 Å². The fourth-order valence-corrected chi connectivity index (χ4v) is 4.67. The van der Waals surface area contributed by atoms with Gasteiger partial charge in [-0.3, -0.25) is 0 Å². The molecule has 0 saturated heterocycles. The molecule has 4 nitrogen and oxygen atoms in total. The third kappa shape index (κ3) is 3.73. The topological polar surface area (TPSA) is 54.5 Å². The van der Waals surface area contributed by atoms with E-state index in [0.29, 0.717) is 8.13 Å². The molecule has 1 unspecified atom stereocenters. The van der Waals surface area contributed by atoms with Gasteiger partial charge in [-0.2, -0.15) is 0 Å². The third-order valence-electron chi connectivity index (χ3n) is 2.65. The first-order chi connectivity index (χ1) is 9.82. The Labute approximate surface area is 139 Å². The summed E-state index contributed by atoms with van der Waals surface area (Å²) in [5, 5.41) is 0. The van der Waals surface area contributed by atoms with E-state index in [4.69, 9.17) is 11.8 Å². The summed E-state index contributed by atoms with van der Waals surface area (Å²) in [5.74, 6) is 0. The molecule has 112 valence electrons. The lowest BCUT2D eigenvalue weighted by Crippen LogP contribution is -2.24. The van der Waals surface area contributed by atoms with Gasteiger partial charge in [0.15, 0.2) is 11.0 Å². The van der Waals surface area contributed by atoms with Crippen molar-refractivity contribution in [1.29, 1.82) is 0 Å². The Morgan fingerprint density at radius 1 is 1.05 bits per heavy atom. The zero-order valence-electron chi connectivity index (χ0n) is 10.9. The number of rotatable bonds is 4. The van der Waals surface area contributed by atoms with Crippen molar-refractivity contribution >= 4 is 48.7 Å². The summed E-state index contributed by atoms with van der Waals surface area (Å²) in [6, 6.07) is 12.6. The van der Waals surface area contributed by atoms with Crippen LogP contribution in [0.2, 0.25) is 0 Å². The van der Waals surface area contributed by atoms with Gasteiger partial charge in [-0.05, 0) is 46.6 Å². The van der Waals surface area contributed by atoms with Crippen LogP contribution in [0.4, 0.5) is 0 Å². The van der Waals surface area contributed by atoms with E-state index in [2.05, 4.69) is 15.9 Å². The molecule has 8 heteroatoms. The third-order valence-corrected chi connectivity index (χ3v) is 7.28. The fourth-order valence-electron chi connectivity index (χ4n) is 1.52. The lowest BCUT2D eigenvalue weighted by Gasteiger charge is -2.13. The van der Waals surface area contributed by atoms with Crippen molar-refractivity contribution in [2.45, 2.75) is 16.7 Å². The Hall–Kier alpha value is -0.730. The van der Waals surface area contributed by atoms with E-state index in [-0.39, 0.29) is 4.90 Å². The molecular formula is C13H11BrClNO3S2. The summed E-state index contributed by atoms with van der Waals surface area (Å²) >= 11 is 9.06. The molecule has 0 heterocycles. The van der Waals surface area contributed by atoms with E-state index in [0.717, 1.165) is 10.0 Å². The maximum absolute atomic E-state index is 12.3. The van der Waals surface area contributed by atoms with Crippen molar-refractivity contribution in [3.8, 4) is 0 Å². The van der Waals surface area contributed by atoms with Gasteiger partial charge in [-0.1, -0.05) is 33.6 Å². The Morgan fingerprint density at radius 3 is 2.10 bits per heavy atom. The summed E-state index contributed by atoms with van der Waals surface area (Å²) in [7, 11) is -6.05. The number of aryl methyl sites for hydroxylation is 1. The average Bonchev–Trinajstić information content (AvgIpc) is 2.47. The van der Waals surface area contributed by atoms with Crippen LogP contribution >= 0.6 is 27.7 Å². The molecule has 2 rings (SSSR count). The van der Waals surface area contributed by atoms with E-state index in [1.807, 2.05) is 6.92 Å². The van der Waals surface area contributed by atoms with Gasteiger partial charge in [-0.15, -0.1) is 0 Å². The van der Waals surface area contributed by atoms with E-state index in [1.54, 1.807) is 36.4 Å². The fraction of sp³-hybridized carbons (Fsp3) is 0.0769. The average molecular weight is 409 g/mol. The number of halogens is 2. The van der Waals surface area contributed by atoms with Gasteiger partial charge in [0.2, 0.25) is 0 Å². The molecule has 0 aliphatic carbocycles. The van der Waals surface area contributed by atoms with Crippen LogP contribution in [0.5, 0.6) is 0 Å². The van der Waals surface area contributed by atoms with Gasteiger partial charge < -0.3 is 0 Å². The molecule has 0 radical (unpaired) electrons. The van der Waals surface area contributed by atoms with E-state index < -0.39 is 21.0 Å². The quantitative estimate of drug-likeness (QED) is 0.726. The highest BCUT2D eigenvalue weighted by Crippen LogP contribution is 2.24. The highest BCUT2D eigenvalue weighted by atomic mass is 79.9. The molecule has 0 spiro atoms. The summed E-state index contributed by atoms with van der Waals surface area (Å²) in [6.07, 6.45) is 0. The molecule has 0 N–H and O–H groups in total. The molecular weight excluding hydrogens is 398 g/mol. The number of hydrogen-bond acceptors (Lipinski definition) is 3. The van der Waals surface area contributed by atoms with Crippen molar-refractivity contribution in [3.63, 3.8) is 0 Å². The van der Waals surface area contributed by atoms with Crippen molar-refractivity contribution in [1.82, 2.24) is 3.23 Å². The standard InChI is InChI=1S/C13H11BrClNO3S2/c1-10-2-8-13(9-3-10)21(18,19)16(15)20(17)12-6-4-11(14)5-7-12/h2-9H,1H3. The Balaban J connectivity index is 2.33. The number of sulfonamides is 1. The molecule has 0 aliphatic heterocycles. The largest absolute Gasteiger partial charge is 0.268 e. The van der Waals surface area contributed by atoms with Gasteiger partial charge in [0.25, 0.3) is 10.0 Å². The SMILES string of the molecule is Cc1ccc(S(=O)(=O)N(Cl)S(=O)c2ccc(Br)cc2)cc1. The molecule has 2 aromatic carbocycles. The minimum atomic E-state index is -4.03. The molecule has 0 bridgehead atoms. The maximum Gasteiger partial charge on any atom is 0.268 e. The van der Waals surface area contributed by atoms with Gasteiger partial charge >= 0.3 is 0 Å². The van der Waals surface area contributed by atoms with Crippen LogP contribution in [-0.2, 0) is 21.0 Å². The minimum Gasteiger partial charge on any atom is -0.235 e. The second kappa shape index (κ2) is 6.58. The van der Waals surface area contributed by atoms with Crippen LogP contribution in [-0.4, -0.2) is 15.9 Å². The van der Waals surface area contributed by atoms with Crippen molar-refractivity contribution in [2.75, 3.05) is 0 Å². The van der Waals surface area contributed by atoms with Gasteiger partial charge in [-0.25, -0.2) is 12.6 Å². The molecule has 0 aliphatic rings. The predicted octanol–water partition coefficient (Wildman–Crippen LogP) is 3.62. The Bertz CT molecular complexity index is 761. The number of hydrogen-bond donors (Lipinski definition) is 0. The van der Waals surface area contributed by atoms with Crippen LogP contribution < -0.4 is 0 Å². The molecule has 0 aromatic heterocycles. The first kappa shape index (κ1) is 16.6. The molecule has 0 fully saturated rings. The first-order valence-electron chi connectivity index (χ1n) is 5.77. The van der Waals surface area contributed by atoms with Gasteiger partial charge in [0.05, 0.1) is 9.79 Å². The van der Waals surface area contributed by atoms with Gasteiger partial charge in [0, 0.05) is 16.2 Å². The Morgan fingerprint density at radius 2 is 1.57 bits per heavy atom. The summed E-state index contributed by atoms with van der Waals surface area (Å²) in [5.41, 5.74) is 0.920. The second-order valence-corrected chi connectivity index (χ2v) is 9.21. The molecule has 0 saturated carbocycles. The van der Waals surface area contributed by atoms with E-state index in [1.165, 1.54) is 12.1 Å². The number of nitrogens with zero attached hydrogens (tertiary/aromatic N) is 1. The number of benzene rings is 2. The van der Waals surface area contributed by atoms with Gasteiger partial charge in [0.1, 0.15) is 0 Å². The smallest absolute Gasteiger partial charge is 0.235 e. The maximum atomic E-state index is 12.3. The van der Waals surface area contributed by atoms with E-state index >= 15 is 0 Å². The molecule has 2 aromatic rings. The van der Waals surface area contributed by atoms with Crippen LogP contribution in [0.3, 0.4) is 0 Å². The van der Waals surface area contributed by atoms with Crippen LogP contribution in [0, 0.1) is 6.92 Å². The molecule has 1 atom stereocenters. The lowest BCUT2D eigenvalue weighted by atomic mass is 10.2. The normalized spacial score (nSPS) is 13.3. The van der Waals surface area contributed by atoms with E-state index in [9.17, 15) is 12.6 Å².